The van der Waals surface area contributed by atoms with Crippen molar-refractivity contribution in [2.75, 3.05) is 18.5 Å². The number of benzene rings is 1. The molecule has 0 amide bonds. The minimum atomic E-state index is -0.743. The first-order valence-corrected chi connectivity index (χ1v) is 5.58. The van der Waals surface area contributed by atoms with E-state index in [1.165, 1.54) is 0 Å². The molecule has 1 heterocycles. The Kier molecular flexibility index (Phi) is 3.56. The first-order chi connectivity index (χ1) is 8.22. The van der Waals surface area contributed by atoms with Crippen molar-refractivity contribution in [2.45, 2.75) is 13.0 Å². The Labute approximate surface area is 99.9 Å². The number of anilines is 1. The van der Waals surface area contributed by atoms with E-state index < -0.39 is 6.10 Å². The molecule has 0 aliphatic rings. The van der Waals surface area contributed by atoms with Crippen molar-refractivity contribution in [3.63, 3.8) is 0 Å². The second kappa shape index (κ2) is 5.12. The van der Waals surface area contributed by atoms with Crippen molar-refractivity contribution < 1.29 is 10.2 Å². The van der Waals surface area contributed by atoms with Crippen LogP contribution in [0.5, 0.6) is 0 Å². The maximum atomic E-state index is 9.34. The summed E-state index contributed by atoms with van der Waals surface area (Å²) in [4.78, 5) is 4.15. The van der Waals surface area contributed by atoms with Gasteiger partial charge in [0.25, 0.3) is 0 Å². The number of aliphatic hydroxyl groups excluding tert-OH is 2. The Morgan fingerprint density at radius 3 is 2.94 bits per heavy atom. The highest BCUT2D eigenvalue weighted by molar-refractivity contribution is 5.95. The fourth-order valence-corrected chi connectivity index (χ4v) is 1.85. The largest absolute Gasteiger partial charge is 0.394 e. The molecule has 1 aromatic carbocycles. The van der Waals surface area contributed by atoms with E-state index in [1.54, 1.807) is 0 Å². The zero-order chi connectivity index (χ0) is 12.3. The number of nitrogens with one attached hydrogen (secondary N) is 1. The van der Waals surface area contributed by atoms with Gasteiger partial charge in [-0.2, -0.15) is 0 Å². The molecule has 4 heteroatoms. The SMILES string of the molecule is Cc1cncc2cccc(NCC(O)CO)c12. The first-order valence-electron chi connectivity index (χ1n) is 5.58. The number of rotatable bonds is 4. The van der Waals surface area contributed by atoms with E-state index in [2.05, 4.69) is 10.3 Å². The molecule has 1 unspecified atom stereocenters. The lowest BCUT2D eigenvalue weighted by atomic mass is 10.1. The molecule has 17 heavy (non-hydrogen) atoms. The third-order valence-corrected chi connectivity index (χ3v) is 2.71. The predicted molar refractivity (Wildman–Crippen MR) is 68.1 cm³/mol. The van der Waals surface area contributed by atoms with Gasteiger partial charge in [0, 0.05) is 35.4 Å². The highest BCUT2D eigenvalue weighted by Gasteiger charge is 2.06. The zero-order valence-corrected chi connectivity index (χ0v) is 9.72. The summed E-state index contributed by atoms with van der Waals surface area (Å²) < 4.78 is 0. The van der Waals surface area contributed by atoms with Crippen molar-refractivity contribution >= 4 is 16.5 Å². The number of fused-ring (bicyclic) bond motifs is 1. The van der Waals surface area contributed by atoms with Crippen LogP contribution >= 0.6 is 0 Å². The standard InChI is InChI=1S/C13H16N2O2/c1-9-5-14-6-10-3-2-4-12(13(9)10)15-7-11(17)8-16/h2-6,11,15-17H,7-8H2,1H3. The van der Waals surface area contributed by atoms with Crippen molar-refractivity contribution in [2.24, 2.45) is 0 Å². The van der Waals surface area contributed by atoms with Crippen LogP contribution in [0.3, 0.4) is 0 Å². The van der Waals surface area contributed by atoms with E-state index in [9.17, 15) is 5.11 Å². The van der Waals surface area contributed by atoms with Gasteiger partial charge in [-0.05, 0) is 18.6 Å². The summed E-state index contributed by atoms with van der Waals surface area (Å²) in [6.45, 7) is 2.10. The van der Waals surface area contributed by atoms with Gasteiger partial charge >= 0.3 is 0 Å². The van der Waals surface area contributed by atoms with Crippen LogP contribution < -0.4 is 5.32 Å². The van der Waals surface area contributed by atoms with Crippen molar-refractivity contribution in [1.29, 1.82) is 0 Å². The third-order valence-electron chi connectivity index (χ3n) is 2.71. The van der Waals surface area contributed by atoms with Crippen molar-refractivity contribution in [3.8, 4) is 0 Å². The summed E-state index contributed by atoms with van der Waals surface area (Å²) >= 11 is 0. The number of hydrogen-bond acceptors (Lipinski definition) is 4. The molecule has 2 rings (SSSR count). The normalized spacial score (nSPS) is 12.6. The number of nitrogens with zero attached hydrogens (tertiary/aromatic N) is 1. The Morgan fingerprint density at radius 1 is 1.35 bits per heavy atom. The lowest BCUT2D eigenvalue weighted by molar-refractivity contribution is 0.105. The summed E-state index contributed by atoms with van der Waals surface area (Å²) in [6.07, 6.45) is 2.89. The van der Waals surface area contributed by atoms with Gasteiger partial charge in [-0.1, -0.05) is 12.1 Å². The van der Waals surface area contributed by atoms with Crippen LogP contribution in [0.15, 0.2) is 30.6 Å². The Balaban J connectivity index is 2.33. The third kappa shape index (κ3) is 2.54. The molecule has 1 atom stereocenters. The number of aromatic nitrogens is 1. The number of aryl methyl sites for hydroxylation is 1. The summed E-state index contributed by atoms with van der Waals surface area (Å²) in [5.41, 5.74) is 2.04. The molecule has 2 aromatic rings. The highest BCUT2D eigenvalue weighted by Crippen LogP contribution is 2.25. The van der Waals surface area contributed by atoms with Gasteiger partial charge in [-0.15, -0.1) is 0 Å². The topological polar surface area (TPSA) is 65.4 Å². The van der Waals surface area contributed by atoms with E-state index in [1.807, 2.05) is 37.5 Å². The molecule has 0 saturated carbocycles. The molecule has 0 spiro atoms. The van der Waals surface area contributed by atoms with Crippen LogP contribution in [0.25, 0.3) is 10.8 Å². The second-order valence-electron chi connectivity index (χ2n) is 4.08. The average Bonchev–Trinajstić information content (AvgIpc) is 2.36. The molecular weight excluding hydrogens is 216 g/mol. The van der Waals surface area contributed by atoms with Gasteiger partial charge in [0.1, 0.15) is 0 Å². The van der Waals surface area contributed by atoms with E-state index in [4.69, 9.17) is 5.11 Å². The molecule has 1 aromatic heterocycles. The number of aliphatic hydroxyl groups is 2. The Hall–Kier alpha value is -1.65. The van der Waals surface area contributed by atoms with Gasteiger partial charge in [-0.3, -0.25) is 4.98 Å². The van der Waals surface area contributed by atoms with Gasteiger partial charge in [0.15, 0.2) is 0 Å². The molecule has 0 radical (unpaired) electrons. The molecule has 0 bridgehead atoms. The molecule has 4 nitrogen and oxygen atoms in total. The summed E-state index contributed by atoms with van der Waals surface area (Å²) in [5, 5.41) is 23.4. The molecule has 0 saturated heterocycles. The zero-order valence-electron chi connectivity index (χ0n) is 9.72. The molecular formula is C13H16N2O2. The summed E-state index contributed by atoms with van der Waals surface area (Å²) in [5.74, 6) is 0. The highest BCUT2D eigenvalue weighted by atomic mass is 16.3. The molecule has 0 aliphatic heterocycles. The molecule has 90 valence electrons. The lowest BCUT2D eigenvalue weighted by Crippen LogP contribution is -2.23. The second-order valence-corrected chi connectivity index (χ2v) is 4.08. The van der Waals surface area contributed by atoms with E-state index in [0.29, 0.717) is 6.54 Å². The van der Waals surface area contributed by atoms with E-state index in [0.717, 1.165) is 22.0 Å². The lowest BCUT2D eigenvalue weighted by Gasteiger charge is -2.13. The fourth-order valence-electron chi connectivity index (χ4n) is 1.85. The average molecular weight is 232 g/mol. The maximum absolute atomic E-state index is 9.34. The van der Waals surface area contributed by atoms with Crippen LogP contribution in [0.1, 0.15) is 5.56 Å². The molecule has 0 aliphatic carbocycles. The van der Waals surface area contributed by atoms with Crippen LogP contribution in [-0.2, 0) is 0 Å². The van der Waals surface area contributed by atoms with Crippen LogP contribution in [0, 0.1) is 6.92 Å². The van der Waals surface area contributed by atoms with Gasteiger partial charge in [-0.25, -0.2) is 0 Å². The van der Waals surface area contributed by atoms with E-state index >= 15 is 0 Å². The van der Waals surface area contributed by atoms with Crippen molar-refractivity contribution in [3.05, 3.63) is 36.2 Å². The molecule has 0 fully saturated rings. The quantitative estimate of drug-likeness (QED) is 0.743. The van der Waals surface area contributed by atoms with Gasteiger partial charge in [0.2, 0.25) is 0 Å². The predicted octanol–water partition coefficient (Wildman–Crippen LogP) is 1.31. The monoisotopic (exact) mass is 232 g/mol. The molecule has 3 N–H and O–H groups in total. The van der Waals surface area contributed by atoms with Crippen LogP contribution in [-0.4, -0.2) is 34.5 Å². The minimum Gasteiger partial charge on any atom is -0.394 e. The van der Waals surface area contributed by atoms with Crippen molar-refractivity contribution in [1.82, 2.24) is 4.98 Å². The first kappa shape index (κ1) is 11.8. The summed E-state index contributed by atoms with van der Waals surface area (Å²) in [6, 6.07) is 5.90. The smallest absolute Gasteiger partial charge is 0.0942 e. The fraction of sp³-hybridized carbons (Fsp3) is 0.308. The van der Waals surface area contributed by atoms with Gasteiger partial charge < -0.3 is 15.5 Å². The Morgan fingerprint density at radius 2 is 2.18 bits per heavy atom. The van der Waals surface area contributed by atoms with Crippen LogP contribution in [0.2, 0.25) is 0 Å². The number of pyridine rings is 1. The Bertz CT molecular complexity index is 508. The van der Waals surface area contributed by atoms with Gasteiger partial charge in [0.05, 0.1) is 12.7 Å². The minimum absolute atomic E-state index is 0.238. The maximum Gasteiger partial charge on any atom is 0.0942 e. The summed E-state index contributed by atoms with van der Waals surface area (Å²) in [7, 11) is 0. The van der Waals surface area contributed by atoms with E-state index in [-0.39, 0.29) is 6.61 Å². The van der Waals surface area contributed by atoms with Crippen LogP contribution in [0.4, 0.5) is 5.69 Å². The number of hydrogen-bond donors (Lipinski definition) is 3.